The molecule has 0 aliphatic carbocycles. The average Bonchev–Trinajstić information content (AvgIpc) is 2.17. The molecule has 0 bridgehead atoms. The third-order valence-corrected chi connectivity index (χ3v) is 2.32. The summed E-state index contributed by atoms with van der Waals surface area (Å²) in [5.74, 6) is 0. The van der Waals surface area contributed by atoms with Crippen LogP contribution in [-0.2, 0) is 11.1 Å². The molecule has 0 aliphatic heterocycles. The standard InChI is InChI=1S/C8H6N2O2S/c11-13(12)7-2-1-6-3-4-9-10-8(6)5-7/h1-5H,(H,11,12)/p-1. The first-order chi connectivity index (χ1) is 6.27. The van der Waals surface area contributed by atoms with Crippen LogP contribution in [0.25, 0.3) is 10.9 Å². The van der Waals surface area contributed by atoms with Gasteiger partial charge in [0, 0.05) is 10.3 Å². The topological polar surface area (TPSA) is 65.9 Å². The smallest absolute Gasteiger partial charge is 0.0941 e. The van der Waals surface area contributed by atoms with Crippen molar-refractivity contribution in [1.82, 2.24) is 10.2 Å². The lowest BCUT2D eigenvalue weighted by Gasteiger charge is -2.04. The SMILES string of the molecule is O=S([O-])c1ccc2ccnnc2c1. The molecule has 0 N–H and O–H groups in total. The van der Waals surface area contributed by atoms with Gasteiger partial charge in [0.15, 0.2) is 0 Å². The zero-order chi connectivity index (χ0) is 9.26. The zero-order valence-corrected chi connectivity index (χ0v) is 7.32. The highest BCUT2D eigenvalue weighted by Gasteiger charge is 1.96. The van der Waals surface area contributed by atoms with Gasteiger partial charge in [0.1, 0.15) is 0 Å². The fraction of sp³-hybridized carbons (Fsp3) is 0. The lowest BCUT2D eigenvalue weighted by atomic mass is 10.2. The maximum absolute atomic E-state index is 10.6. The first-order valence-electron chi connectivity index (χ1n) is 3.58. The van der Waals surface area contributed by atoms with Crippen LogP contribution < -0.4 is 0 Å². The van der Waals surface area contributed by atoms with Crippen molar-refractivity contribution in [3.8, 4) is 0 Å². The molecule has 1 aromatic heterocycles. The van der Waals surface area contributed by atoms with E-state index < -0.39 is 11.1 Å². The summed E-state index contributed by atoms with van der Waals surface area (Å²) in [6.07, 6.45) is 1.57. The molecule has 4 nitrogen and oxygen atoms in total. The molecule has 0 fully saturated rings. The number of benzene rings is 1. The van der Waals surface area contributed by atoms with E-state index in [-0.39, 0.29) is 4.90 Å². The van der Waals surface area contributed by atoms with Crippen LogP contribution in [0, 0.1) is 0 Å². The number of nitrogens with zero attached hydrogens (tertiary/aromatic N) is 2. The van der Waals surface area contributed by atoms with Crippen LogP contribution in [0.2, 0.25) is 0 Å². The van der Waals surface area contributed by atoms with Crippen LogP contribution in [0.4, 0.5) is 0 Å². The number of rotatable bonds is 1. The molecule has 1 heterocycles. The van der Waals surface area contributed by atoms with Crippen LogP contribution in [-0.4, -0.2) is 19.0 Å². The van der Waals surface area contributed by atoms with Crippen LogP contribution >= 0.6 is 0 Å². The van der Waals surface area contributed by atoms with Crippen molar-refractivity contribution < 1.29 is 8.76 Å². The van der Waals surface area contributed by atoms with Gasteiger partial charge in [-0.15, -0.1) is 0 Å². The molecule has 1 aromatic carbocycles. The van der Waals surface area contributed by atoms with Crippen molar-refractivity contribution in [3.63, 3.8) is 0 Å². The number of hydrogen-bond acceptors (Lipinski definition) is 4. The van der Waals surface area contributed by atoms with Gasteiger partial charge >= 0.3 is 0 Å². The van der Waals surface area contributed by atoms with E-state index in [9.17, 15) is 8.76 Å². The predicted molar refractivity (Wildman–Crippen MR) is 46.7 cm³/mol. The lowest BCUT2D eigenvalue weighted by Crippen LogP contribution is -1.90. The van der Waals surface area contributed by atoms with E-state index in [0.717, 1.165) is 5.39 Å². The Morgan fingerprint density at radius 3 is 2.92 bits per heavy atom. The van der Waals surface area contributed by atoms with Gasteiger partial charge in [-0.2, -0.15) is 10.2 Å². The van der Waals surface area contributed by atoms with Gasteiger partial charge in [-0.05, 0) is 29.3 Å². The Balaban J connectivity index is 2.69. The summed E-state index contributed by atoms with van der Waals surface area (Å²) in [6.45, 7) is 0. The van der Waals surface area contributed by atoms with E-state index in [0.29, 0.717) is 5.52 Å². The summed E-state index contributed by atoms with van der Waals surface area (Å²) < 4.78 is 21.2. The maximum atomic E-state index is 10.6. The maximum Gasteiger partial charge on any atom is 0.0941 e. The predicted octanol–water partition coefficient (Wildman–Crippen LogP) is 0.868. The van der Waals surface area contributed by atoms with Crippen molar-refractivity contribution in [2.24, 2.45) is 0 Å². The first-order valence-corrected chi connectivity index (χ1v) is 4.65. The molecule has 0 amide bonds. The van der Waals surface area contributed by atoms with E-state index in [4.69, 9.17) is 0 Å². The Morgan fingerprint density at radius 2 is 2.15 bits per heavy atom. The van der Waals surface area contributed by atoms with Gasteiger partial charge in [0.25, 0.3) is 0 Å². The summed E-state index contributed by atoms with van der Waals surface area (Å²) in [5, 5.41) is 8.34. The highest BCUT2D eigenvalue weighted by atomic mass is 32.2. The van der Waals surface area contributed by atoms with Crippen molar-refractivity contribution >= 4 is 22.0 Å². The fourth-order valence-electron chi connectivity index (χ4n) is 1.06. The normalized spacial score (nSPS) is 13.0. The molecule has 2 rings (SSSR count). The highest BCUT2D eigenvalue weighted by Crippen LogP contribution is 2.13. The molecule has 0 aliphatic rings. The molecule has 13 heavy (non-hydrogen) atoms. The average molecular weight is 193 g/mol. The molecule has 1 unspecified atom stereocenters. The molecule has 2 aromatic rings. The van der Waals surface area contributed by atoms with Gasteiger partial charge in [0.05, 0.1) is 11.7 Å². The van der Waals surface area contributed by atoms with Gasteiger partial charge in [-0.25, -0.2) is 0 Å². The Kier molecular flexibility index (Phi) is 2.03. The lowest BCUT2D eigenvalue weighted by molar-refractivity contribution is 0.537. The largest absolute Gasteiger partial charge is 0.768 e. The molecule has 66 valence electrons. The molecule has 5 heteroatoms. The van der Waals surface area contributed by atoms with Crippen LogP contribution in [0.15, 0.2) is 35.4 Å². The van der Waals surface area contributed by atoms with E-state index >= 15 is 0 Å². The second-order valence-corrected chi connectivity index (χ2v) is 3.43. The summed E-state index contributed by atoms with van der Waals surface area (Å²) in [6, 6.07) is 6.51. The summed E-state index contributed by atoms with van der Waals surface area (Å²) >= 11 is -2.20. The van der Waals surface area contributed by atoms with Crippen LogP contribution in [0.1, 0.15) is 0 Å². The number of fused-ring (bicyclic) bond motifs is 1. The monoisotopic (exact) mass is 193 g/mol. The van der Waals surface area contributed by atoms with Gasteiger partial charge in [0.2, 0.25) is 0 Å². The first kappa shape index (κ1) is 8.28. The third kappa shape index (κ3) is 1.56. The minimum Gasteiger partial charge on any atom is -0.768 e. The molecular formula is C8H5N2O2S-. The Labute approximate surface area is 76.9 Å². The molecule has 1 atom stereocenters. The molecule has 0 spiro atoms. The second-order valence-electron chi connectivity index (χ2n) is 2.49. The highest BCUT2D eigenvalue weighted by molar-refractivity contribution is 7.79. The van der Waals surface area contributed by atoms with Crippen LogP contribution in [0.3, 0.4) is 0 Å². The van der Waals surface area contributed by atoms with E-state index in [1.165, 1.54) is 12.1 Å². The van der Waals surface area contributed by atoms with Crippen molar-refractivity contribution in [1.29, 1.82) is 0 Å². The van der Waals surface area contributed by atoms with Gasteiger partial charge < -0.3 is 4.55 Å². The zero-order valence-electron chi connectivity index (χ0n) is 6.51. The van der Waals surface area contributed by atoms with E-state index in [1.54, 1.807) is 18.3 Å². The second kappa shape index (κ2) is 3.20. The van der Waals surface area contributed by atoms with Gasteiger partial charge in [-0.3, -0.25) is 4.21 Å². The Bertz CT molecular complexity index is 472. The molecule has 0 saturated carbocycles. The molecule has 0 saturated heterocycles. The number of aromatic nitrogens is 2. The Hall–Kier alpha value is -1.33. The van der Waals surface area contributed by atoms with Crippen LogP contribution in [0.5, 0.6) is 0 Å². The van der Waals surface area contributed by atoms with E-state index in [1.807, 2.05) is 0 Å². The summed E-state index contributed by atoms with van der Waals surface area (Å²) in [4.78, 5) is 0.230. The summed E-state index contributed by atoms with van der Waals surface area (Å²) in [7, 11) is 0. The Morgan fingerprint density at radius 1 is 1.31 bits per heavy atom. The third-order valence-electron chi connectivity index (χ3n) is 1.68. The summed E-state index contributed by atoms with van der Waals surface area (Å²) in [5.41, 5.74) is 0.587. The quantitative estimate of drug-likeness (QED) is 0.630. The number of hydrogen-bond donors (Lipinski definition) is 0. The minimum atomic E-state index is -2.20. The van der Waals surface area contributed by atoms with Crippen molar-refractivity contribution in [2.75, 3.05) is 0 Å². The molecule has 0 radical (unpaired) electrons. The van der Waals surface area contributed by atoms with Gasteiger partial charge in [-0.1, -0.05) is 6.07 Å². The molecular weight excluding hydrogens is 188 g/mol. The minimum absolute atomic E-state index is 0.230. The van der Waals surface area contributed by atoms with Crippen molar-refractivity contribution in [2.45, 2.75) is 4.90 Å². The van der Waals surface area contributed by atoms with Crippen molar-refractivity contribution in [3.05, 3.63) is 30.5 Å². The fourth-order valence-corrected chi connectivity index (χ4v) is 1.45. The van der Waals surface area contributed by atoms with E-state index in [2.05, 4.69) is 10.2 Å².